The topological polar surface area (TPSA) is 98.4 Å². The lowest BCUT2D eigenvalue weighted by molar-refractivity contribution is 0.122. The Balaban J connectivity index is 1.75. The number of nitrogen functional groups attached to an aromatic ring is 1. The standard InChI is InChI=1S/C12H16N6O2S/c13-17-10-14-11(18-3-5-19-6-4-18)16-12(15-10)20-8-9-2-1-7-21-9/h1-2,7H,3-6,8,13H2,(H,14,15,16,17). The number of nitrogens with two attached hydrogens (primary N) is 1. The second kappa shape index (κ2) is 6.66. The molecule has 21 heavy (non-hydrogen) atoms. The number of thiophene rings is 1. The number of hydrazine groups is 1. The Labute approximate surface area is 125 Å². The van der Waals surface area contributed by atoms with Crippen LogP contribution in [0.3, 0.4) is 0 Å². The van der Waals surface area contributed by atoms with E-state index >= 15 is 0 Å². The molecule has 2 aromatic heterocycles. The van der Waals surface area contributed by atoms with Gasteiger partial charge in [0.2, 0.25) is 11.9 Å². The zero-order valence-electron chi connectivity index (χ0n) is 11.4. The first-order valence-corrected chi connectivity index (χ1v) is 7.43. The van der Waals surface area contributed by atoms with Crippen molar-refractivity contribution in [3.63, 3.8) is 0 Å². The molecule has 0 aromatic carbocycles. The number of anilines is 2. The van der Waals surface area contributed by atoms with Crippen molar-refractivity contribution in [3.8, 4) is 6.01 Å². The van der Waals surface area contributed by atoms with Crippen LogP contribution in [0.5, 0.6) is 6.01 Å². The molecule has 0 atom stereocenters. The number of hydrogen-bond acceptors (Lipinski definition) is 9. The summed E-state index contributed by atoms with van der Waals surface area (Å²) < 4.78 is 10.9. The van der Waals surface area contributed by atoms with Crippen molar-refractivity contribution in [2.24, 2.45) is 5.84 Å². The van der Waals surface area contributed by atoms with Gasteiger partial charge in [0.05, 0.1) is 13.2 Å². The van der Waals surface area contributed by atoms with Gasteiger partial charge in [-0.3, -0.25) is 5.43 Å². The third-order valence-electron chi connectivity index (χ3n) is 2.95. The molecule has 1 aliphatic heterocycles. The monoisotopic (exact) mass is 308 g/mol. The van der Waals surface area contributed by atoms with Crippen LogP contribution in [0, 0.1) is 0 Å². The van der Waals surface area contributed by atoms with Crippen LogP contribution in [-0.4, -0.2) is 41.3 Å². The van der Waals surface area contributed by atoms with Crippen molar-refractivity contribution >= 4 is 23.2 Å². The van der Waals surface area contributed by atoms with Crippen LogP contribution in [0.1, 0.15) is 4.88 Å². The maximum Gasteiger partial charge on any atom is 0.323 e. The average Bonchev–Trinajstić information content (AvgIpc) is 3.07. The van der Waals surface area contributed by atoms with Crippen LogP contribution in [-0.2, 0) is 11.3 Å². The fraction of sp³-hybridized carbons (Fsp3) is 0.417. The number of aromatic nitrogens is 3. The second-order valence-corrected chi connectivity index (χ2v) is 5.39. The van der Waals surface area contributed by atoms with Crippen LogP contribution in [0.25, 0.3) is 0 Å². The summed E-state index contributed by atoms with van der Waals surface area (Å²) >= 11 is 1.62. The molecule has 9 heteroatoms. The second-order valence-electron chi connectivity index (χ2n) is 4.35. The molecule has 0 unspecified atom stereocenters. The fourth-order valence-corrected chi connectivity index (χ4v) is 2.53. The molecule has 3 heterocycles. The van der Waals surface area contributed by atoms with Gasteiger partial charge in [-0.2, -0.15) is 15.0 Å². The molecule has 3 N–H and O–H groups in total. The summed E-state index contributed by atoms with van der Waals surface area (Å²) in [7, 11) is 0. The molecule has 2 aromatic rings. The molecule has 0 radical (unpaired) electrons. The van der Waals surface area contributed by atoms with E-state index in [4.69, 9.17) is 15.3 Å². The van der Waals surface area contributed by atoms with Gasteiger partial charge in [-0.05, 0) is 11.4 Å². The van der Waals surface area contributed by atoms with Gasteiger partial charge in [-0.25, -0.2) is 5.84 Å². The predicted molar refractivity (Wildman–Crippen MR) is 79.3 cm³/mol. The van der Waals surface area contributed by atoms with E-state index in [9.17, 15) is 0 Å². The minimum Gasteiger partial charge on any atom is -0.458 e. The van der Waals surface area contributed by atoms with Crippen molar-refractivity contribution in [2.45, 2.75) is 6.61 Å². The molecule has 1 saturated heterocycles. The molecule has 0 bridgehead atoms. The van der Waals surface area contributed by atoms with E-state index < -0.39 is 0 Å². The fourth-order valence-electron chi connectivity index (χ4n) is 1.91. The highest BCUT2D eigenvalue weighted by Gasteiger charge is 2.17. The van der Waals surface area contributed by atoms with Crippen molar-refractivity contribution in [3.05, 3.63) is 22.4 Å². The first-order valence-electron chi connectivity index (χ1n) is 6.56. The number of morpholine rings is 1. The molecular formula is C12H16N6O2S. The number of ether oxygens (including phenoxy) is 2. The van der Waals surface area contributed by atoms with E-state index in [1.807, 2.05) is 22.4 Å². The largest absolute Gasteiger partial charge is 0.458 e. The Hall–Kier alpha value is -1.97. The number of rotatable bonds is 5. The van der Waals surface area contributed by atoms with Crippen LogP contribution in [0.2, 0.25) is 0 Å². The van der Waals surface area contributed by atoms with Gasteiger partial charge in [0.15, 0.2) is 0 Å². The molecule has 1 fully saturated rings. The minimum absolute atomic E-state index is 0.257. The first kappa shape index (κ1) is 14.0. The maximum absolute atomic E-state index is 5.62. The zero-order valence-corrected chi connectivity index (χ0v) is 12.2. The highest BCUT2D eigenvalue weighted by atomic mass is 32.1. The van der Waals surface area contributed by atoms with E-state index in [-0.39, 0.29) is 12.0 Å². The van der Waals surface area contributed by atoms with Crippen molar-refractivity contribution < 1.29 is 9.47 Å². The number of nitrogens with zero attached hydrogens (tertiary/aromatic N) is 4. The van der Waals surface area contributed by atoms with Crippen molar-refractivity contribution in [1.82, 2.24) is 15.0 Å². The highest BCUT2D eigenvalue weighted by Crippen LogP contribution is 2.17. The van der Waals surface area contributed by atoms with Crippen LogP contribution in [0.4, 0.5) is 11.9 Å². The SMILES string of the molecule is NNc1nc(OCc2cccs2)nc(N2CCOCC2)n1. The molecule has 0 spiro atoms. The van der Waals surface area contributed by atoms with Gasteiger partial charge in [-0.15, -0.1) is 11.3 Å². The van der Waals surface area contributed by atoms with E-state index in [1.165, 1.54) is 0 Å². The van der Waals surface area contributed by atoms with E-state index in [1.54, 1.807) is 11.3 Å². The summed E-state index contributed by atoms with van der Waals surface area (Å²) in [5.74, 6) is 6.24. The Morgan fingerprint density at radius 2 is 2.19 bits per heavy atom. The smallest absolute Gasteiger partial charge is 0.323 e. The van der Waals surface area contributed by atoms with Crippen LogP contribution < -0.4 is 20.9 Å². The number of hydrogen-bond donors (Lipinski definition) is 2. The normalized spacial score (nSPS) is 15.0. The molecule has 0 amide bonds. The lowest BCUT2D eigenvalue weighted by atomic mass is 10.4. The molecular weight excluding hydrogens is 292 g/mol. The maximum atomic E-state index is 5.62. The van der Waals surface area contributed by atoms with Gasteiger partial charge in [-0.1, -0.05) is 6.07 Å². The lowest BCUT2D eigenvalue weighted by Crippen LogP contribution is -2.37. The predicted octanol–water partition coefficient (Wildman–Crippen LogP) is 0.634. The van der Waals surface area contributed by atoms with Gasteiger partial charge in [0.25, 0.3) is 0 Å². The third kappa shape index (κ3) is 3.57. The third-order valence-corrected chi connectivity index (χ3v) is 3.80. The summed E-state index contributed by atoms with van der Waals surface area (Å²) in [6.45, 7) is 3.20. The Morgan fingerprint density at radius 3 is 2.90 bits per heavy atom. The van der Waals surface area contributed by atoms with Gasteiger partial charge in [0.1, 0.15) is 6.61 Å². The molecule has 8 nitrogen and oxygen atoms in total. The van der Waals surface area contributed by atoms with Gasteiger partial charge >= 0.3 is 6.01 Å². The Bertz CT molecular complexity index is 573. The molecule has 0 aliphatic carbocycles. The summed E-state index contributed by atoms with van der Waals surface area (Å²) in [5, 5.41) is 2.00. The van der Waals surface area contributed by atoms with E-state index in [0.717, 1.165) is 18.0 Å². The minimum atomic E-state index is 0.257. The molecule has 1 aliphatic rings. The van der Waals surface area contributed by atoms with E-state index in [0.29, 0.717) is 25.8 Å². The van der Waals surface area contributed by atoms with Crippen molar-refractivity contribution in [1.29, 1.82) is 0 Å². The molecule has 112 valence electrons. The van der Waals surface area contributed by atoms with Gasteiger partial charge < -0.3 is 14.4 Å². The summed E-state index contributed by atoms with van der Waals surface area (Å²) in [6.07, 6.45) is 0. The Morgan fingerprint density at radius 1 is 1.33 bits per heavy atom. The summed E-state index contributed by atoms with van der Waals surface area (Å²) in [4.78, 5) is 15.8. The van der Waals surface area contributed by atoms with Crippen LogP contribution >= 0.6 is 11.3 Å². The quantitative estimate of drug-likeness (QED) is 0.613. The zero-order chi connectivity index (χ0) is 14.5. The summed E-state index contributed by atoms with van der Waals surface area (Å²) in [6, 6.07) is 4.23. The average molecular weight is 308 g/mol. The van der Waals surface area contributed by atoms with Crippen molar-refractivity contribution in [2.75, 3.05) is 36.6 Å². The summed E-state index contributed by atoms with van der Waals surface area (Å²) in [5.41, 5.74) is 2.44. The molecule has 0 saturated carbocycles. The lowest BCUT2D eigenvalue weighted by Gasteiger charge is -2.26. The molecule has 3 rings (SSSR count). The van der Waals surface area contributed by atoms with Crippen LogP contribution in [0.15, 0.2) is 17.5 Å². The van der Waals surface area contributed by atoms with Gasteiger partial charge in [0, 0.05) is 18.0 Å². The first-order chi connectivity index (χ1) is 10.3. The van der Waals surface area contributed by atoms with E-state index in [2.05, 4.69) is 20.4 Å². The number of nitrogens with one attached hydrogen (secondary N) is 1. The highest BCUT2D eigenvalue weighted by molar-refractivity contribution is 7.09. The Kier molecular flexibility index (Phi) is 4.43.